The molecule has 156 valence electrons. The summed E-state index contributed by atoms with van der Waals surface area (Å²) in [6, 6.07) is 12.5. The molecule has 0 aliphatic rings. The lowest BCUT2D eigenvalue weighted by atomic mass is 10.1. The summed E-state index contributed by atoms with van der Waals surface area (Å²) in [5.74, 6) is -2.69. The first-order chi connectivity index (χ1) is 14.1. The third-order valence-corrected chi connectivity index (χ3v) is 6.30. The van der Waals surface area contributed by atoms with Crippen molar-refractivity contribution >= 4 is 27.3 Å². The number of carbonyl (C=O) groups is 1. The average molecular weight is 430 g/mol. The van der Waals surface area contributed by atoms with Gasteiger partial charge in [0.05, 0.1) is 10.6 Å². The van der Waals surface area contributed by atoms with Gasteiger partial charge in [0.25, 0.3) is 15.9 Å². The number of rotatable bonds is 5. The highest BCUT2D eigenvalue weighted by Gasteiger charge is 2.21. The fraction of sp³-hybridized carbons (Fsp3) is 0.136. The lowest BCUT2D eigenvalue weighted by molar-refractivity contribution is 0.102. The Morgan fingerprint density at radius 2 is 1.50 bits per heavy atom. The number of hydrogen-bond acceptors (Lipinski definition) is 3. The molecule has 0 saturated carbocycles. The molecule has 1 amide bonds. The summed E-state index contributed by atoms with van der Waals surface area (Å²) in [7, 11) is -4.01. The quantitative estimate of drug-likeness (QED) is 0.602. The standard InChI is InChI=1S/C22H20F2N2O3S/c1-13-6-4-9-19(15(13)3)26-30(28,29)20-12-16(11-10-14(20)2)22(27)25-21-17(23)7-5-8-18(21)24/h4-12,26H,1-3H3,(H,25,27). The van der Waals surface area contributed by atoms with Gasteiger partial charge in [-0.1, -0.05) is 24.3 Å². The normalized spacial score (nSPS) is 11.2. The van der Waals surface area contributed by atoms with Gasteiger partial charge in [-0.25, -0.2) is 17.2 Å². The van der Waals surface area contributed by atoms with Crippen LogP contribution in [0.15, 0.2) is 59.5 Å². The third-order valence-electron chi connectivity index (χ3n) is 4.79. The Labute approximate surface area is 173 Å². The fourth-order valence-corrected chi connectivity index (χ4v) is 4.29. The van der Waals surface area contributed by atoms with Gasteiger partial charge in [0, 0.05) is 5.56 Å². The van der Waals surface area contributed by atoms with Gasteiger partial charge in [-0.05, 0) is 67.8 Å². The lowest BCUT2D eigenvalue weighted by Gasteiger charge is -2.15. The SMILES string of the molecule is Cc1ccc(C(=O)Nc2c(F)cccc2F)cc1S(=O)(=O)Nc1cccc(C)c1C. The monoisotopic (exact) mass is 430 g/mol. The van der Waals surface area contributed by atoms with Gasteiger partial charge in [0.1, 0.15) is 17.3 Å². The molecule has 0 unspecified atom stereocenters. The van der Waals surface area contributed by atoms with Crippen LogP contribution in [0.2, 0.25) is 0 Å². The number of aryl methyl sites for hydroxylation is 2. The van der Waals surface area contributed by atoms with Crippen LogP contribution in [-0.4, -0.2) is 14.3 Å². The summed E-state index contributed by atoms with van der Waals surface area (Å²) in [5.41, 5.74) is 1.90. The highest BCUT2D eigenvalue weighted by atomic mass is 32.2. The number of benzene rings is 3. The summed E-state index contributed by atoms with van der Waals surface area (Å²) in [5, 5.41) is 2.16. The van der Waals surface area contributed by atoms with Crippen molar-refractivity contribution in [1.29, 1.82) is 0 Å². The van der Waals surface area contributed by atoms with Crippen molar-refractivity contribution in [1.82, 2.24) is 0 Å². The maximum atomic E-state index is 13.8. The number of halogens is 2. The zero-order valence-corrected chi connectivity index (χ0v) is 17.4. The molecule has 3 aromatic rings. The van der Waals surface area contributed by atoms with E-state index < -0.39 is 33.3 Å². The number of anilines is 2. The van der Waals surface area contributed by atoms with Crippen LogP contribution in [0.4, 0.5) is 20.2 Å². The highest BCUT2D eigenvalue weighted by Crippen LogP contribution is 2.25. The lowest BCUT2D eigenvalue weighted by Crippen LogP contribution is -2.18. The van der Waals surface area contributed by atoms with Crippen LogP contribution in [0.25, 0.3) is 0 Å². The Balaban J connectivity index is 1.94. The number of amides is 1. The second-order valence-corrected chi connectivity index (χ2v) is 8.53. The average Bonchev–Trinajstić information content (AvgIpc) is 2.68. The van der Waals surface area contributed by atoms with E-state index in [2.05, 4.69) is 10.0 Å². The van der Waals surface area contributed by atoms with Crippen LogP contribution in [-0.2, 0) is 10.0 Å². The summed E-state index contributed by atoms with van der Waals surface area (Å²) in [6.07, 6.45) is 0. The van der Waals surface area contributed by atoms with Crippen molar-refractivity contribution in [2.24, 2.45) is 0 Å². The van der Waals surface area contributed by atoms with E-state index in [4.69, 9.17) is 0 Å². The number of nitrogens with one attached hydrogen (secondary N) is 2. The van der Waals surface area contributed by atoms with Crippen LogP contribution in [0.1, 0.15) is 27.0 Å². The minimum atomic E-state index is -4.01. The molecule has 0 saturated heterocycles. The van der Waals surface area contributed by atoms with Gasteiger partial charge < -0.3 is 5.32 Å². The Bertz CT molecular complexity index is 1220. The van der Waals surface area contributed by atoms with E-state index in [9.17, 15) is 22.0 Å². The summed E-state index contributed by atoms with van der Waals surface area (Å²) in [6.45, 7) is 5.26. The van der Waals surface area contributed by atoms with Crippen LogP contribution in [0.5, 0.6) is 0 Å². The molecule has 2 N–H and O–H groups in total. The van der Waals surface area contributed by atoms with Crippen molar-refractivity contribution in [3.63, 3.8) is 0 Å². The maximum Gasteiger partial charge on any atom is 0.262 e. The van der Waals surface area contributed by atoms with E-state index in [0.717, 1.165) is 23.3 Å². The van der Waals surface area contributed by atoms with E-state index in [1.807, 2.05) is 13.0 Å². The molecule has 30 heavy (non-hydrogen) atoms. The Kier molecular flexibility index (Phi) is 5.89. The van der Waals surface area contributed by atoms with Crippen LogP contribution < -0.4 is 10.0 Å². The van der Waals surface area contributed by atoms with Crippen LogP contribution in [0.3, 0.4) is 0 Å². The number of hydrogen-bond donors (Lipinski definition) is 2. The van der Waals surface area contributed by atoms with Gasteiger partial charge >= 0.3 is 0 Å². The molecular formula is C22H20F2N2O3S. The molecule has 0 radical (unpaired) electrons. The van der Waals surface area contributed by atoms with Crippen molar-refractivity contribution in [3.05, 3.63) is 88.5 Å². The molecule has 5 nitrogen and oxygen atoms in total. The summed E-state index contributed by atoms with van der Waals surface area (Å²) < 4.78 is 56.1. The molecular weight excluding hydrogens is 410 g/mol. The predicted octanol–water partition coefficient (Wildman–Crippen LogP) is 4.94. The van der Waals surface area contributed by atoms with Crippen molar-refractivity contribution in [2.45, 2.75) is 25.7 Å². The molecule has 3 rings (SSSR count). The van der Waals surface area contributed by atoms with Gasteiger partial charge in [-0.3, -0.25) is 9.52 Å². The van der Waals surface area contributed by atoms with Crippen molar-refractivity contribution < 1.29 is 22.0 Å². The maximum absolute atomic E-state index is 13.8. The molecule has 0 fully saturated rings. The van der Waals surface area contributed by atoms with Crippen LogP contribution in [0, 0.1) is 32.4 Å². The zero-order valence-electron chi connectivity index (χ0n) is 16.6. The fourth-order valence-electron chi connectivity index (χ4n) is 2.90. The Morgan fingerprint density at radius 3 is 2.17 bits per heavy atom. The second kappa shape index (κ2) is 8.23. The second-order valence-electron chi connectivity index (χ2n) is 6.88. The van der Waals surface area contributed by atoms with E-state index >= 15 is 0 Å². The topological polar surface area (TPSA) is 75.3 Å². The Morgan fingerprint density at radius 1 is 0.867 bits per heavy atom. The molecule has 0 aliphatic carbocycles. The number of para-hydroxylation sites is 1. The van der Waals surface area contributed by atoms with Gasteiger partial charge in [-0.15, -0.1) is 0 Å². The molecule has 0 heterocycles. The first-order valence-corrected chi connectivity index (χ1v) is 10.5. The number of sulfonamides is 1. The van der Waals surface area contributed by atoms with Gasteiger partial charge in [0.2, 0.25) is 0 Å². The zero-order chi connectivity index (χ0) is 22.1. The summed E-state index contributed by atoms with van der Waals surface area (Å²) in [4.78, 5) is 12.4. The third kappa shape index (κ3) is 4.33. The molecule has 0 spiro atoms. The van der Waals surface area contributed by atoms with Gasteiger partial charge in [0.15, 0.2) is 0 Å². The first kappa shape index (κ1) is 21.4. The van der Waals surface area contributed by atoms with Crippen LogP contribution >= 0.6 is 0 Å². The van der Waals surface area contributed by atoms with E-state index in [0.29, 0.717) is 11.3 Å². The minimum absolute atomic E-state index is 0.0513. The first-order valence-electron chi connectivity index (χ1n) is 9.05. The van der Waals surface area contributed by atoms with E-state index in [-0.39, 0.29) is 10.5 Å². The van der Waals surface area contributed by atoms with Crippen molar-refractivity contribution in [2.75, 3.05) is 10.0 Å². The van der Waals surface area contributed by atoms with Crippen molar-refractivity contribution in [3.8, 4) is 0 Å². The largest absolute Gasteiger partial charge is 0.317 e. The smallest absolute Gasteiger partial charge is 0.262 e. The molecule has 0 atom stereocenters. The van der Waals surface area contributed by atoms with Gasteiger partial charge in [-0.2, -0.15) is 0 Å². The molecule has 0 aromatic heterocycles. The molecule has 0 bridgehead atoms. The molecule has 3 aromatic carbocycles. The Hall–Kier alpha value is -3.26. The summed E-state index contributed by atoms with van der Waals surface area (Å²) >= 11 is 0. The molecule has 8 heteroatoms. The van der Waals surface area contributed by atoms with E-state index in [1.54, 1.807) is 26.0 Å². The minimum Gasteiger partial charge on any atom is -0.317 e. The molecule has 0 aliphatic heterocycles. The number of carbonyl (C=O) groups excluding carboxylic acids is 1. The highest BCUT2D eigenvalue weighted by molar-refractivity contribution is 7.92. The predicted molar refractivity (Wildman–Crippen MR) is 112 cm³/mol. The van der Waals surface area contributed by atoms with E-state index in [1.165, 1.54) is 24.3 Å².